The van der Waals surface area contributed by atoms with Crippen molar-refractivity contribution >= 4 is 34.0 Å². The number of H-pyrrole nitrogens is 1. The number of carbonyl (C=O) groups is 1. The molecular weight excluding hydrogens is 350 g/mol. The molecule has 4 N–H and O–H groups in total. The number of amides is 2. The largest absolute Gasteiger partial charge is 0.368 e. The third kappa shape index (κ3) is 4.82. The van der Waals surface area contributed by atoms with Crippen molar-refractivity contribution in [1.82, 2.24) is 20.8 Å². The van der Waals surface area contributed by atoms with Gasteiger partial charge in [0, 0.05) is 29.9 Å². The molecule has 0 bridgehead atoms. The molecule has 0 saturated heterocycles. The molecule has 1 aromatic carbocycles. The van der Waals surface area contributed by atoms with Gasteiger partial charge < -0.3 is 16.0 Å². The zero-order valence-electron chi connectivity index (χ0n) is 14.2. The number of urea groups is 1. The Morgan fingerprint density at radius 2 is 1.85 bits per heavy atom. The van der Waals surface area contributed by atoms with Crippen LogP contribution in [0.1, 0.15) is 11.3 Å². The molecule has 26 heavy (non-hydrogen) atoms. The number of anilines is 1. The first kappa shape index (κ1) is 17.9. The van der Waals surface area contributed by atoms with E-state index in [2.05, 4.69) is 32.2 Å². The average molecular weight is 371 g/mol. The number of aromatic amines is 1. The highest BCUT2D eigenvalue weighted by Crippen LogP contribution is 2.16. The number of nitrogens with zero attached hydrogens (tertiary/aromatic N) is 1. The number of aromatic nitrogens is 2. The molecule has 0 atom stereocenters. The normalized spacial score (nSPS) is 10.6. The molecule has 2 heterocycles. The molecule has 0 fully saturated rings. The van der Waals surface area contributed by atoms with Gasteiger partial charge >= 0.3 is 6.03 Å². The van der Waals surface area contributed by atoms with Gasteiger partial charge in [-0.3, -0.25) is 4.79 Å². The van der Waals surface area contributed by atoms with Crippen LogP contribution in [0.2, 0.25) is 0 Å². The summed E-state index contributed by atoms with van der Waals surface area (Å²) < 4.78 is 0. The number of fused-ring (bicyclic) bond motifs is 1. The smallest absolute Gasteiger partial charge is 0.314 e. The second-order valence-electron chi connectivity index (χ2n) is 5.74. The van der Waals surface area contributed by atoms with Gasteiger partial charge in [-0.2, -0.15) is 5.10 Å². The first-order valence-corrected chi connectivity index (χ1v) is 9.37. The number of nitrogens with one attached hydrogen (secondary N) is 4. The number of benzene rings is 1. The molecule has 0 aliphatic rings. The molecule has 2 amide bonds. The molecule has 0 unspecified atom stereocenters. The van der Waals surface area contributed by atoms with E-state index in [1.165, 1.54) is 4.88 Å². The van der Waals surface area contributed by atoms with E-state index in [1.54, 1.807) is 17.4 Å². The number of thiophene rings is 1. The van der Waals surface area contributed by atoms with E-state index in [0.717, 1.165) is 18.2 Å². The summed E-state index contributed by atoms with van der Waals surface area (Å²) in [5, 5.41) is 18.8. The van der Waals surface area contributed by atoms with Gasteiger partial charge in [0.2, 0.25) is 0 Å². The van der Waals surface area contributed by atoms with Gasteiger partial charge in [0.05, 0.1) is 5.39 Å². The van der Waals surface area contributed by atoms with Crippen molar-refractivity contribution in [1.29, 1.82) is 0 Å². The highest BCUT2D eigenvalue weighted by Gasteiger charge is 2.05. The predicted molar refractivity (Wildman–Crippen MR) is 105 cm³/mol. The van der Waals surface area contributed by atoms with E-state index >= 15 is 0 Å². The van der Waals surface area contributed by atoms with Gasteiger partial charge in [-0.25, -0.2) is 9.89 Å². The van der Waals surface area contributed by atoms with Gasteiger partial charge in [0.15, 0.2) is 5.82 Å². The fourth-order valence-corrected chi connectivity index (χ4v) is 3.27. The summed E-state index contributed by atoms with van der Waals surface area (Å²) in [7, 11) is 0. The van der Waals surface area contributed by atoms with E-state index in [1.807, 2.05) is 29.6 Å². The maximum atomic E-state index is 11.7. The van der Waals surface area contributed by atoms with Crippen LogP contribution in [0.3, 0.4) is 0 Å². The molecule has 136 valence electrons. The molecule has 0 saturated carbocycles. The van der Waals surface area contributed by atoms with Crippen molar-refractivity contribution in [3.05, 3.63) is 57.0 Å². The summed E-state index contributed by atoms with van der Waals surface area (Å²) in [4.78, 5) is 24.7. The van der Waals surface area contributed by atoms with Crippen LogP contribution in [-0.2, 0) is 6.42 Å². The summed E-state index contributed by atoms with van der Waals surface area (Å²) in [6.45, 7) is 1.81. The second-order valence-corrected chi connectivity index (χ2v) is 6.77. The van der Waals surface area contributed by atoms with Gasteiger partial charge in [0.1, 0.15) is 0 Å². The van der Waals surface area contributed by atoms with E-state index in [-0.39, 0.29) is 11.6 Å². The average Bonchev–Trinajstić information content (AvgIpc) is 3.17. The maximum absolute atomic E-state index is 11.7. The zero-order valence-corrected chi connectivity index (χ0v) is 15.1. The molecular formula is C18H21N5O2S. The van der Waals surface area contributed by atoms with Crippen LogP contribution in [0, 0.1) is 0 Å². The molecule has 7 nitrogen and oxygen atoms in total. The van der Waals surface area contributed by atoms with Crippen molar-refractivity contribution in [2.45, 2.75) is 12.8 Å². The van der Waals surface area contributed by atoms with Crippen molar-refractivity contribution < 1.29 is 4.79 Å². The Hall–Kier alpha value is -2.87. The van der Waals surface area contributed by atoms with Gasteiger partial charge in [-0.05, 0) is 30.4 Å². The first-order valence-electron chi connectivity index (χ1n) is 8.49. The fraction of sp³-hybridized carbons (Fsp3) is 0.278. The quantitative estimate of drug-likeness (QED) is 0.457. The minimum absolute atomic E-state index is 0.158. The van der Waals surface area contributed by atoms with Gasteiger partial charge in [-0.1, -0.05) is 24.3 Å². The summed E-state index contributed by atoms with van der Waals surface area (Å²) >= 11 is 1.69. The number of carbonyl (C=O) groups excluding carboxylic acids is 1. The van der Waals surface area contributed by atoms with E-state index < -0.39 is 0 Å². The first-order chi connectivity index (χ1) is 12.7. The fourth-order valence-electron chi connectivity index (χ4n) is 2.56. The standard InChI is InChI=1S/C18H21N5O2S/c24-17-15-7-2-1-6-14(15)16(22-23-17)19-9-4-10-20-18(25)21-11-8-13-5-3-12-26-13/h1-3,5-7,12H,4,8-11H2,(H,19,22)(H,23,24)(H2,20,21,25). The predicted octanol–water partition coefficient (Wildman–Crippen LogP) is 2.33. The van der Waals surface area contributed by atoms with Gasteiger partial charge in [0.25, 0.3) is 5.56 Å². The SMILES string of the molecule is O=C(NCCCNc1n[nH]c(=O)c2ccccc12)NCCc1cccs1. The van der Waals surface area contributed by atoms with Crippen LogP contribution >= 0.6 is 11.3 Å². The summed E-state index contributed by atoms with van der Waals surface area (Å²) in [5.41, 5.74) is -0.202. The van der Waals surface area contributed by atoms with Crippen molar-refractivity contribution in [2.75, 3.05) is 25.0 Å². The monoisotopic (exact) mass is 371 g/mol. The topological polar surface area (TPSA) is 98.9 Å². The molecule has 3 rings (SSSR count). The van der Waals surface area contributed by atoms with Crippen LogP contribution in [0.4, 0.5) is 10.6 Å². The van der Waals surface area contributed by atoms with Crippen molar-refractivity contribution in [2.24, 2.45) is 0 Å². The summed E-state index contributed by atoms with van der Waals surface area (Å²) in [6.07, 6.45) is 1.59. The Morgan fingerprint density at radius 3 is 2.65 bits per heavy atom. The Labute approximate surface area is 154 Å². The molecule has 0 radical (unpaired) electrons. The third-order valence-electron chi connectivity index (χ3n) is 3.86. The van der Waals surface area contributed by atoms with Gasteiger partial charge in [-0.15, -0.1) is 11.3 Å². The molecule has 8 heteroatoms. The van der Waals surface area contributed by atoms with E-state index in [0.29, 0.717) is 30.8 Å². The minimum Gasteiger partial charge on any atom is -0.368 e. The Kier molecular flexibility index (Phi) is 6.21. The van der Waals surface area contributed by atoms with Crippen LogP contribution in [0.25, 0.3) is 10.8 Å². The third-order valence-corrected chi connectivity index (χ3v) is 4.80. The second kappa shape index (κ2) is 9.00. The van der Waals surface area contributed by atoms with E-state index in [9.17, 15) is 9.59 Å². The van der Waals surface area contributed by atoms with Crippen LogP contribution in [0.15, 0.2) is 46.6 Å². The number of rotatable bonds is 8. The van der Waals surface area contributed by atoms with Crippen molar-refractivity contribution in [3.8, 4) is 0 Å². The maximum Gasteiger partial charge on any atom is 0.314 e. The van der Waals surface area contributed by atoms with Crippen LogP contribution < -0.4 is 21.5 Å². The van der Waals surface area contributed by atoms with E-state index in [4.69, 9.17) is 0 Å². The number of hydrogen-bond donors (Lipinski definition) is 4. The minimum atomic E-state index is -0.202. The Bertz CT molecular complexity index is 907. The molecule has 0 spiro atoms. The molecule has 0 aliphatic heterocycles. The lowest BCUT2D eigenvalue weighted by Crippen LogP contribution is -2.37. The Morgan fingerprint density at radius 1 is 1.04 bits per heavy atom. The lowest BCUT2D eigenvalue weighted by atomic mass is 10.2. The van der Waals surface area contributed by atoms with Crippen molar-refractivity contribution in [3.63, 3.8) is 0 Å². The Balaban J connectivity index is 1.36. The highest BCUT2D eigenvalue weighted by atomic mass is 32.1. The van der Waals surface area contributed by atoms with Crippen LogP contribution in [-0.4, -0.2) is 35.9 Å². The lowest BCUT2D eigenvalue weighted by molar-refractivity contribution is 0.241. The molecule has 3 aromatic rings. The lowest BCUT2D eigenvalue weighted by Gasteiger charge is -2.09. The highest BCUT2D eigenvalue weighted by molar-refractivity contribution is 7.09. The summed E-state index contributed by atoms with van der Waals surface area (Å²) in [6, 6.07) is 11.2. The zero-order chi connectivity index (χ0) is 18.2. The van der Waals surface area contributed by atoms with Crippen LogP contribution in [0.5, 0.6) is 0 Å². The molecule has 2 aromatic heterocycles. The number of hydrogen-bond acceptors (Lipinski definition) is 5. The molecule has 0 aliphatic carbocycles. The summed E-state index contributed by atoms with van der Waals surface area (Å²) in [5.74, 6) is 0.639.